The molecule has 0 aliphatic heterocycles. The summed E-state index contributed by atoms with van der Waals surface area (Å²) in [5.41, 5.74) is 0. The normalized spacial score (nSPS) is 7.08. The summed E-state index contributed by atoms with van der Waals surface area (Å²) in [6.07, 6.45) is 3.05. The topological polar surface area (TPSA) is 444 Å². The Morgan fingerprint density at radius 2 is 0.359 bits per heavy atom. The number of hydrogen-bond acceptors (Lipinski definition) is 6. The van der Waals surface area contributed by atoms with Gasteiger partial charge in [-0.1, -0.05) is 0 Å². The van der Waals surface area contributed by atoms with Crippen molar-refractivity contribution < 1.29 is 163 Å². The maximum Gasteiger partial charge on any atom is 0.303 e. The molecule has 0 aromatic heterocycles. The molecule has 236 valence electrons. The van der Waals surface area contributed by atoms with Crippen molar-refractivity contribution in [2.24, 2.45) is 0 Å². The molecule has 20 N–H and O–H groups in total. The van der Waals surface area contributed by atoms with Crippen LogP contribution in [0.1, 0.15) is 77.0 Å². The van der Waals surface area contributed by atoms with Crippen molar-refractivity contribution in [1.29, 1.82) is 0 Å². The van der Waals surface area contributed by atoms with Gasteiger partial charge < -0.3 is 69.0 Å². The fourth-order valence-corrected chi connectivity index (χ4v) is 1.66. The standard InChI is InChI=1S/3C6H10O4.7H2O.2Y/c3*7-5(8)3-1-2-4-6(9)10;;;;;;;;;/h3*1-4H2,(H,7,8)(H,9,10);7*1H2;;. The third-order valence-electron chi connectivity index (χ3n) is 3.09. The molecule has 2 radical (unpaired) electrons. The Labute approximate surface area is 274 Å². The SMILES string of the molecule is O.O.O.O.O.O.O.O=C(O)CCCCC(=O)O.O=C(O)CCCCC(=O)O.O=C(O)CCCCC(=O)O.[Y].[Y]. The van der Waals surface area contributed by atoms with Crippen molar-refractivity contribution >= 4 is 35.8 Å². The Morgan fingerprint density at radius 1 is 0.282 bits per heavy atom. The molecule has 0 amide bonds. The summed E-state index contributed by atoms with van der Waals surface area (Å²) in [6, 6.07) is 0. The van der Waals surface area contributed by atoms with Crippen LogP contribution in [0.25, 0.3) is 0 Å². The summed E-state index contributed by atoms with van der Waals surface area (Å²) in [4.78, 5) is 59.4. The van der Waals surface area contributed by atoms with Crippen LogP contribution in [0.2, 0.25) is 0 Å². The summed E-state index contributed by atoms with van der Waals surface area (Å²) in [7, 11) is 0. The maximum absolute atomic E-state index is 9.90. The summed E-state index contributed by atoms with van der Waals surface area (Å²) in [5, 5.41) is 48.8. The smallest absolute Gasteiger partial charge is 0.303 e. The van der Waals surface area contributed by atoms with Gasteiger partial charge in [-0.2, -0.15) is 0 Å². The molecule has 0 unspecified atom stereocenters. The van der Waals surface area contributed by atoms with E-state index >= 15 is 0 Å². The second-order valence-electron chi connectivity index (χ2n) is 5.98. The summed E-state index contributed by atoms with van der Waals surface area (Å²) < 4.78 is 0. The maximum atomic E-state index is 9.90. The van der Waals surface area contributed by atoms with Crippen LogP contribution in [0.15, 0.2) is 0 Å². The van der Waals surface area contributed by atoms with E-state index < -0.39 is 35.8 Å². The number of rotatable bonds is 15. The summed E-state index contributed by atoms with van der Waals surface area (Å²) in [5.74, 6) is -5.22. The zero-order valence-corrected chi connectivity index (χ0v) is 26.9. The van der Waals surface area contributed by atoms with E-state index in [1.54, 1.807) is 0 Å². The van der Waals surface area contributed by atoms with Crippen LogP contribution in [0.3, 0.4) is 0 Å². The molecule has 0 spiro atoms. The Morgan fingerprint density at radius 3 is 0.410 bits per heavy atom. The molecule has 0 rings (SSSR count). The van der Waals surface area contributed by atoms with Gasteiger partial charge in [0.25, 0.3) is 0 Å². The molecule has 21 heteroatoms. The number of carbonyl (C=O) groups is 6. The molecule has 19 nitrogen and oxygen atoms in total. The van der Waals surface area contributed by atoms with E-state index in [0.29, 0.717) is 38.5 Å². The van der Waals surface area contributed by atoms with Gasteiger partial charge in [0.1, 0.15) is 0 Å². The van der Waals surface area contributed by atoms with Crippen molar-refractivity contribution in [2.45, 2.75) is 77.0 Å². The largest absolute Gasteiger partial charge is 0.481 e. The van der Waals surface area contributed by atoms with Crippen LogP contribution in [-0.4, -0.2) is 105 Å². The van der Waals surface area contributed by atoms with Crippen LogP contribution in [-0.2, 0) is 94.2 Å². The number of carboxylic acid groups (broad SMARTS) is 6. The third-order valence-corrected chi connectivity index (χ3v) is 3.09. The Bertz CT molecular complexity index is 436. The van der Waals surface area contributed by atoms with Crippen molar-refractivity contribution in [1.82, 2.24) is 0 Å². The molecule has 0 saturated carbocycles. The fraction of sp³-hybridized carbons (Fsp3) is 0.667. The van der Waals surface area contributed by atoms with Crippen LogP contribution in [0.4, 0.5) is 0 Å². The summed E-state index contributed by atoms with van der Waals surface area (Å²) >= 11 is 0. The van der Waals surface area contributed by atoms with Crippen LogP contribution in [0.5, 0.6) is 0 Å². The fourth-order valence-electron chi connectivity index (χ4n) is 1.66. The molecule has 0 aliphatic carbocycles. The van der Waals surface area contributed by atoms with E-state index in [9.17, 15) is 28.8 Å². The van der Waals surface area contributed by atoms with E-state index in [2.05, 4.69) is 0 Å². The zero-order chi connectivity index (χ0) is 23.9. The molecule has 39 heavy (non-hydrogen) atoms. The molecule has 0 saturated heterocycles. The minimum Gasteiger partial charge on any atom is -0.481 e. The van der Waals surface area contributed by atoms with Gasteiger partial charge in [-0.15, -0.1) is 0 Å². The quantitative estimate of drug-likeness (QED) is 0.0886. The summed E-state index contributed by atoms with van der Waals surface area (Å²) in [6.45, 7) is 0. The van der Waals surface area contributed by atoms with Crippen molar-refractivity contribution in [3.63, 3.8) is 0 Å². The third kappa shape index (κ3) is 114. The number of unbranched alkanes of at least 4 members (excludes halogenated alkanes) is 3. The molecule has 0 fully saturated rings. The Balaban J connectivity index is -0.0000000251. The van der Waals surface area contributed by atoms with E-state index in [4.69, 9.17) is 30.6 Å². The predicted molar refractivity (Wildman–Crippen MR) is 127 cm³/mol. The first-order valence-corrected chi connectivity index (χ1v) is 9.19. The number of aliphatic carboxylic acids is 6. The molecule has 0 aromatic carbocycles. The van der Waals surface area contributed by atoms with Crippen molar-refractivity contribution in [2.75, 3.05) is 0 Å². The monoisotopic (exact) mass is 742 g/mol. The number of hydrogen-bond donors (Lipinski definition) is 6. The molecule has 0 atom stereocenters. The molecular formula is C18H44O19Y2. The molecule has 0 heterocycles. The molecule has 0 bridgehead atoms. The second-order valence-corrected chi connectivity index (χ2v) is 5.98. The first kappa shape index (κ1) is 76.9. The van der Waals surface area contributed by atoms with Gasteiger partial charge in [0, 0.05) is 104 Å². The zero-order valence-electron chi connectivity index (χ0n) is 21.3. The van der Waals surface area contributed by atoms with Crippen LogP contribution >= 0.6 is 0 Å². The Kier molecular flexibility index (Phi) is 112. The van der Waals surface area contributed by atoms with Gasteiger partial charge in [-0.25, -0.2) is 0 Å². The van der Waals surface area contributed by atoms with Gasteiger partial charge in [0.2, 0.25) is 0 Å². The van der Waals surface area contributed by atoms with Crippen molar-refractivity contribution in [3.05, 3.63) is 0 Å². The number of carboxylic acids is 6. The van der Waals surface area contributed by atoms with E-state index in [1.807, 2.05) is 0 Å². The Hall–Kier alpha value is -1.25. The van der Waals surface area contributed by atoms with Crippen molar-refractivity contribution in [3.8, 4) is 0 Å². The van der Waals surface area contributed by atoms with E-state index in [-0.39, 0.29) is 142 Å². The minimum absolute atomic E-state index is 0. The molecule has 0 aliphatic rings. The van der Waals surface area contributed by atoms with Crippen LogP contribution < -0.4 is 0 Å². The van der Waals surface area contributed by atoms with Gasteiger partial charge in [0.15, 0.2) is 0 Å². The first-order valence-electron chi connectivity index (χ1n) is 9.19. The minimum atomic E-state index is -0.870. The predicted octanol–water partition coefficient (Wildman–Crippen LogP) is -3.63. The average Bonchev–Trinajstić information content (AvgIpc) is 2.60. The van der Waals surface area contributed by atoms with Gasteiger partial charge in [-0.05, 0) is 38.5 Å². The first-order chi connectivity index (χ1) is 13.9. The second kappa shape index (κ2) is 56.8. The average molecular weight is 742 g/mol. The molecule has 0 aromatic rings. The van der Waals surface area contributed by atoms with E-state index in [0.717, 1.165) is 0 Å². The van der Waals surface area contributed by atoms with Gasteiger partial charge >= 0.3 is 35.8 Å². The van der Waals surface area contributed by atoms with E-state index in [1.165, 1.54) is 0 Å². The van der Waals surface area contributed by atoms with Gasteiger partial charge in [-0.3, -0.25) is 28.8 Å². The van der Waals surface area contributed by atoms with Gasteiger partial charge in [0.05, 0.1) is 0 Å². The molecular weight excluding hydrogens is 698 g/mol. The van der Waals surface area contributed by atoms with Crippen LogP contribution in [0, 0.1) is 0 Å².